The minimum Gasteiger partial charge on any atom is -0.309 e. The summed E-state index contributed by atoms with van der Waals surface area (Å²) in [5.41, 5.74) is 12.7. The highest BCUT2D eigenvalue weighted by Crippen LogP contribution is 2.47. The predicted octanol–water partition coefficient (Wildman–Crippen LogP) is 8.86. The number of rotatable bonds is 5. The summed E-state index contributed by atoms with van der Waals surface area (Å²) in [6, 6.07) is 53.7. The summed E-state index contributed by atoms with van der Waals surface area (Å²) in [5, 5.41) is 5.32. The third kappa shape index (κ3) is 3.62. The smallest absolute Gasteiger partial charge is 0.137 e. The first-order valence-corrected chi connectivity index (χ1v) is 17.3. The zero-order valence-electron chi connectivity index (χ0n) is 23.7. The maximum absolute atomic E-state index is 4.36. The van der Waals surface area contributed by atoms with Crippen LogP contribution in [0.5, 0.6) is 0 Å². The molecule has 1 unspecified atom stereocenters. The molecule has 1 heterocycles. The second-order valence-electron chi connectivity index (χ2n) is 11.6. The molecule has 0 spiro atoms. The topological polar surface area (TPSA) is 4.93 Å². The van der Waals surface area contributed by atoms with Gasteiger partial charge in [-0.2, -0.15) is 0 Å². The molecule has 0 bridgehead atoms. The van der Waals surface area contributed by atoms with Crippen LogP contribution in [0.1, 0.15) is 22.6 Å². The molecule has 0 saturated carbocycles. The fourth-order valence-electron chi connectivity index (χ4n) is 7.10. The molecule has 0 N–H and O–H groups in total. The maximum Gasteiger partial charge on any atom is 0.137 e. The lowest BCUT2D eigenvalue weighted by molar-refractivity contribution is 1.02. The Kier molecular flexibility index (Phi) is 5.66. The normalized spacial score (nSPS) is 14.0. The standard InChI is InChI=1S/C40H31NSi/c1-3-42(2,30-24-20-28(21-25-30)40-36-16-6-4-12-32(36)33-13-5-7-17-37(33)40)31-26-22-29(23-27-31)41-38-18-10-8-14-34(38)35-15-9-11-19-39(35)41/h3-27,40H,1H2,2H3. The van der Waals surface area contributed by atoms with E-state index >= 15 is 0 Å². The number of para-hydroxylation sites is 2. The molecule has 8 rings (SSSR count). The van der Waals surface area contributed by atoms with E-state index < -0.39 is 8.07 Å². The molecule has 7 aromatic rings. The van der Waals surface area contributed by atoms with Gasteiger partial charge in [0.25, 0.3) is 0 Å². The van der Waals surface area contributed by atoms with Crippen molar-refractivity contribution in [2.75, 3.05) is 0 Å². The number of hydrogen-bond donors (Lipinski definition) is 0. The molecule has 0 aliphatic heterocycles. The lowest BCUT2D eigenvalue weighted by Gasteiger charge is -2.26. The Morgan fingerprint density at radius 2 is 1.00 bits per heavy atom. The van der Waals surface area contributed by atoms with Crippen molar-refractivity contribution < 1.29 is 0 Å². The Morgan fingerprint density at radius 3 is 1.52 bits per heavy atom. The van der Waals surface area contributed by atoms with Crippen LogP contribution >= 0.6 is 0 Å². The largest absolute Gasteiger partial charge is 0.309 e. The van der Waals surface area contributed by atoms with Gasteiger partial charge in [-0.1, -0.05) is 144 Å². The number of benzene rings is 6. The van der Waals surface area contributed by atoms with E-state index in [9.17, 15) is 0 Å². The van der Waals surface area contributed by atoms with Crippen molar-refractivity contribution in [2.45, 2.75) is 12.5 Å². The number of nitrogens with zero attached hydrogens (tertiary/aromatic N) is 1. The molecule has 1 aromatic heterocycles. The van der Waals surface area contributed by atoms with Gasteiger partial charge in [-0.3, -0.25) is 0 Å². The molecule has 0 saturated heterocycles. The van der Waals surface area contributed by atoms with E-state index in [1.165, 1.54) is 65.7 Å². The van der Waals surface area contributed by atoms with Gasteiger partial charge in [0.15, 0.2) is 0 Å². The zero-order chi connectivity index (χ0) is 28.3. The summed E-state index contributed by atoms with van der Waals surface area (Å²) in [6.45, 7) is 6.76. The van der Waals surface area contributed by atoms with Crippen LogP contribution in [-0.4, -0.2) is 12.6 Å². The van der Waals surface area contributed by atoms with Crippen molar-refractivity contribution in [3.05, 3.63) is 175 Å². The van der Waals surface area contributed by atoms with E-state index in [4.69, 9.17) is 0 Å². The van der Waals surface area contributed by atoms with Crippen LogP contribution in [0.25, 0.3) is 38.6 Å². The molecule has 0 amide bonds. The summed E-state index contributed by atoms with van der Waals surface area (Å²) in [5.74, 6) is 0.272. The van der Waals surface area contributed by atoms with Crippen LogP contribution in [0.3, 0.4) is 0 Å². The fraction of sp³-hybridized carbons (Fsp3) is 0.0500. The number of hydrogen-bond acceptors (Lipinski definition) is 0. The first-order chi connectivity index (χ1) is 20.7. The average Bonchev–Trinajstić information content (AvgIpc) is 3.58. The fourth-order valence-corrected chi connectivity index (χ4v) is 9.62. The van der Waals surface area contributed by atoms with Crippen molar-refractivity contribution in [1.82, 2.24) is 4.57 Å². The zero-order valence-corrected chi connectivity index (χ0v) is 24.7. The average molecular weight is 554 g/mol. The summed E-state index contributed by atoms with van der Waals surface area (Å²) in [6.07, 6.45) is 0. The van der Waals surface area contributed by atoms with E-state index in [1.54, 1.807) is 0 Å². The molecule has 200 valence electrons. The van der Waals surface area contributed by atoms with Crippen molar-refractivity contribution in [1.29, 1.82) is 0 Å². The number of aromatic nitrogens is 1. The molecule has 1 aliphatic carbocycles. The van der Waals surface area contributed by atoms with E-state index in [1.807, 2.05) is 0 Å². The van der Waals surface area contributed by atoms with Gasteiger partial charge >= 0.3 is 0 Å². The Balaban J connectivity index is 1.16. The summed E-state index contributed by atoms with van der Waals surface area (Å²) in [4.78, 5) is 0. The van der Waals surface area contributed by atoms with Crippen LogP contribution in [0.4, 0.5) is 0 Å². The Bertz CT molecular complexity index is 2020. The quantitative estimate of drug-likeness (QED) is 0.188. The molecule has 1 aliphatic rings. The molecule has 0 fully saturated rings. The van der Waals surface area contributed by atoms with Gasteiger partial charge in [-0.05, 0) is 52.1 Å². The Labute approximate surface area is 248 Å². The van der Waals surface area contributed by atoms with Crippen LogP contribution in [0, 0.1) is 0 Å². The Hall–Kier alpha value is -4.92. The lowest BCUT2D eigenvalue weighted by atomic mass is 9.89. The molecule has 1 atom stereocenters. The lowest BCUT2D eigenvalue weighted by Crippen LogP contribution is -2.54. The molecule has 0 radical (unpaired) electrons. The molecule has 1 nitrogen and oxygen atoms in total. The summed E-state index contributed by atoms with van der Waals surface area (Å²) >= 11 is 0. The van der Waals surface area contributed by atoms with Gasteiger partial charge in [0.2, 0.25) is 0 Å². The van der Waals surface area contributed by atoms with Crippen molar-refractivity contribution >= 4 is 40.3 Å². The SMILES string of the molecule is C=C[Si](C)(c1ccc(C2c3ccccc3-c3ccccc32)cc1)c1ccc(-n2c3ccccc3c3ccccc32)cc1. The molecule has 6 aromatic carbocycles. The number of fused-ring (bicyclic) bond motifs is 6. The van der Waals surface area contributed by atoms with Gasteiger partial charge in [-0.25, -0.2) is 0 Å². The minimum absolute atomic E-state index is 0.272. The van der Waals surface area contributed by atoms with Gasteiger partial charge in [-0.15, -0.1) is 6.58 Å². The first kappa shape index (κ1) is 24.8. The second-order valence-corrected chi connectivity index (χ2v) is 15.5. The van der Waals surface area contributed by atoms with Crippen LogP contribution < -0.4 is 10.4 Å². The van der Waals surface area contributed by atoms with Gasteiger partial charge in [0, 0.05) is 22.4 Å². The summed E-state index contributed by atoms with van der Waals surface area (Å²) < 4.78 is 2.38. The maximum atomic E-state index is 4.36. The van der Waals surface area contributed by atoms with E-state index in [2.05, 4.69) is 169 Å². The summed E-state index contributed by atoms with van der Waals surface area (Å²) in [7, 11) is -2.14. The Morgan fingerprint density at radius 1 is 0.548 bits per heavy atom. The van der Waals surface area contributed by atoms with E-state index in [0.29, 0.717) is 0 Å². The highest BCUT2D eigenvalue weighted by atomic mass is 28.3. The minimum atomic E-state index is -2.14. The highest BCUT2D eigenvalue weighted by Gasteiger charge is 2.31. The van der Waals surface area contributed by atoms with E-state index in [0.717, 1.165) is 0 Å². The van der Waals surface area contributed by atoms with Crippen LogP contribution in [0.2, 0.25) is 6.55 Å². The van der Waals surface area contributed by atoms with Crippen molar-refractivity contribution in [2.24, 2.45) is 0 Å². The first-order valence-electron chi connectivity index (χ1n) is 14.7. The third-order valence-corrected chi connectivity index (χ3v) is 13.3. The van der Waals surface area contributed by atoms with E-state index in [-0.39, 0.29) is 5.92 Å². The molecule has 42 heavy (non-hydrogen) atoms. The predicted molar refractivity (Wildman–Crippen MR) is 181 cm³/mol. The third-order valence-electron chi connectivity index (χ3n) is 9.39. The van der Waals surface area contributed by atoms with Crippen LogP contribution in [-0.2, 0) is 0 Å². The van der Waals surface area contributed by atoms with Crippen LogP contribution in [0.15, 0.2) is 158 Å². The monoisotopic (exact) mass is 553 g/mol. The van der Waals surface area contributed by atoms with Crippen molar-refractivity contribution in [3.8, 4) is 16.8 Å². The van der Waals surface area contributed by atoms with Gasteiger partial charge < -0.3 is 4.57 Å². The highest BCUT2D eigenvalue weighted by molar-refractivity contribution is 7.05. The molecular formula is C40H31NSi. The van der Waals surface area contributed by atoms with Crippen molar-refractivity contribution in [3.63, 3.8) is 0 Å². The van der Waals surface area contributed by atoms with Gasteiger partial charge in [0.05, 0.1) is 11.0 Å². The molecule has 2 heteroatoms. The second kappa shape index (κ2) is 9.58. The van der Waals surface area contributed by atoms with Gasteiger partial charge in [0.1, 0.15) is 8.07 Å². The molecular weight excluding hydrogens is 523 g/mol.